The second-order valence-corrected chi connectivity index (χ2v) is 9.54. The van der Waals surface area contributed by atoms with Gasteiger partial charge < -0.3 is 15.5 Å². The fourth-order valence-electron chi connectivity index (χ4n) is 4.24. The summed E-state index contributed by atoms with van der Waals surface area (Å²) in [5, 5.41) is 21.6. The number of aliphatic hydroxyl groups excluding tert-OH is 1. The SMILES string of the molecule is CN[C@@H](C)[C@@H](O)c1ccccc1.Cc1ccc(/C(=C\CN2CCCC2)c2cccc(/C=C/C(=O)O)n2)cc1. The van der Waals surface area contributed by atoms with Crippen molar-refractivity contribution in [3.05, 3.63) is 113 Å². The zero-order valence-electron chi connectivity index (χ0n) is 22.5. The summed E-state index contributed by atoms with van der Waals surface area (Å²) < 4.78 is 0. The summed E-state index contributed by atoms with van der Waals surface area (Å²) in [6.07, 6.45) is 6.99. The van der Waals surface area contributed by atoms with Gasteiger partial charge in [0.2, 0.25) is 0 Å². The summed E-state index contributed by atoms with van der Waals surface area (Å²) in [7, 11) is 1.84. The predicted molar refractivity (Wildman–Crippen MR) is 155 cm³/mol. The number of rotatable bonds is 9. The van der Waals surface area contributed by atoms with Crippen molar-refractivity contribution in [1.82, 2.24) is 15.2 Å². The van der Waals surface area contributed by atoms with Crippen molar-refractivity contribution in [2.24, 2.45) is 0 Å². The molecule has 2 atom stereocenters. The Morgan fingerprint density at radius 2 is 1.71 bits per heavy atom. The number of aromatic nitrogens is 1. The standard InChI is InChI=1S/C22H24N2O2.C10H15NO/c1-17-7-9-18(10-8-17)20(13-16-24-14-2-3-15-24)21-6-4-5-19(23-21)11-12-22(25)26;1-8(11-2)10(12)9-6-4-3-5-7-9/h4-13H,2-3,14-16H2,1H3,(H,25,26);3-8,10-12H,1-2H3/b12-11+,20-13+;/t;8-,10+/m.0/s1. The van der Waals surface area contributed by atoms with E-state index in [9.17, 15) is 9.90 Å². The first-order chi connectivity index (χ1) is 18.4. The maximum Gasteiger partial charge on any atom is 0.328 e. The van der Waals surface area contributed by atoms with Crippen molar-refractivity contribution in [2.45, 2.75) is 38.8 Å². The number of hydrogen-bond acceptors (Lipinski definition) is 5. The van der Waals surface area contributed by atoms with E-state index in [-0.39, 0.29) is 6.04 Å². The molecule has 2 aromatic carbocycles. The van der Waals surface area contributed by atoms with Gasteiger partial charge >= 0.3 is 5.97 Å². The highest BCUT2D eigenvalue weighted by molar-refractivity contribution is 5.85. The smallest absolute Gasteiger partial charge is 0.328 e. The first-order valence-corrected chi connectivity index (χ1v) is 13.2. The number of nitrogens with one attached hydrogen (secondary N) is 1. The number of hydrogen-bond donors (Lipinski definition) is 3. The molecule has 0 unspecified atom stereocenters. The van der Waals surface area contributed by atoms with E-state index in [2.05, 4.69) is 52.5 Å². The van der Waals surface area contributed by atoms with Crippen LogP contribution in [0.5, 0.6) is 0 Å². The Kier molecular flexibility index (Phi) is 11.4. The molecule has 2 heterocycles. The van der Waals surface area contributed by atoms with Crippen LogP contribution in [0.3, 0.4) is 0 Å². The zero-order valence-corrected chi connectivity index (χ0v) is 22.5. The van der Waals surface area contributed by atoms with Gasteiger partial charge in [0.15, 0.2) is 0 Å². The summed E-state index contributed by atoms with van der Waals surface area (Å²) in [4.78, 5) is 17.9. The van der Waals surface area contributed by atoms with Gasteiger partial charge in [-0.2, -0.15) is 0 Å². The van der Waals surface area contributed by atoms with Gasteiger partial charge in [-0.1, -0.05) is 72.3 Å². The second kappa shape index (κ2) is 15.0. The molecule has 4 rings (SSSR count). The lowest BCUT2D eigenvalue weighted by Gasteiger charge is -2.17. The molecular formula is C32H39N3O3. The van der Waals surface area contributed by atoms with E-state index in [0.717, 1.165) is 48.1 Å². The first-order valence-electron chi connectivity index (χ1n) is 13.2. The van der Waals surface area contributed by atoms with Crippen LogP contribution in [0.4, 0.5) is 0 Å². The van der Waals surface area contributed by atoms with E-state index in [1.54, 1.807) is 0 Å². The van der Waals surface area contributed by atoms with Gasteiger partial charge in [0.25, 0.3) is 0 Å². The summed E-state index contributed by atoms with van der Waals surface area (Å²) in [6.45, 7) is 7.23. The number of likely N-dealkylation sites (N-methyl/N-ethyl adjacent to an activating group) is 1. The average molecular weight is 514 g/mol. The maximum absolute atomic E-state index is 10.8. The average Bonchev–Trinajstić information content (AvgIpc) is 3.47. The molecule has 200 valence electrons. The molecular weight excluding hydrogens is 474 g/mol. The monoisotopic (exact) mass is 513 g/mol. The highest BCUT2D eigenvalue weighted by atomic mass is 16.4. The molecule has 1 aliphatic rings. The van der Waals surface area contributed by atoms with Crippen LogP contribution in [0.2, 0.25) is 0 Å². The molecule has 0 spiro atoms. The van der Waals surface area contributed by atoms with Crippen LogP contribution in [0.25, 0.3) is 11.6 Å². The minimum absolute atomic E-state index is 0.0902. The van der Waals surface area contributed by atoms with E-state index < -0.39 is 12.1 Å². The lowest BCUT2D eigenvalue weighted by atomic mass is 10.00. The number of aliphatic hydroxyl groups is 1. The lowest BCUT2D eigenvalue weighted by molar-refractivity contribution is -0.131. The Bertz CT molecular complexity index is 1200. The highest BCUT2D eigenvalue weighted by Crippen LogP contribution is 2.23. The van der Waals surface area contributed by atoms with Crippen molar-refractivity contribution in [3.8, 4) is 0 Å². The van der Waals surface area contributed by atoms with Gasteiger partial charge in [0.1, 0.15) is 0 Å². The van der Waals surface area contributed by atoms with E-state index in [0.29, 0.717) is 5.69 Å². The van der Waals surface area contributed by atoms with Crippen molar-refractivity contribution in [1.29, 1.82) is 0 Å². The summed E-state index contributed by atoms with van der Waals surface area (Å²) in [5.41, 5.74) is 5.90. The van der Waals surface area contributed by atoms with Crippen LogP contribution < -0.4 is 5.32 Å². The molecule has 0 aliphatic carbocycles. The highest BCUT2D eigenvalue weighted by Gasteiger charge is 2.13. The van der Waals surface area contributed by atoms with Gasteiger partial charge in [-0.3, -0.25) is 4.90 Å². The van der Waals surface area contributed by atoms with Crippen LogP contribution in [-0.4, -0.2) is 58.8 Å². The molecule has 6 heteroatoms. The van der Waals surface area contributed by atoms with Crippen molar-refractivity contribution in [2.75, 3.05) is 26.7 Å². The number of carboxylic acid groups (broad SMARTS) is 1. The quantitative estimate of drug-likeness (QED) is 0.335. The van der Waals surface area contributed by atoms with Crippen molar-refractivity contribution >= 4 is 17.6 Å². The third kappa shape index (κ3) is 9.06. The molecule has 0 radical (unpaired) electrons. The van der Waals surface area contributed by atoms with Gasteiger partial charge in [0, 0.05) is 24.2 Å². The summed E-state index contributed by atoms with van der Waals surface area (Å²) in [5.74, 6) is -0.972. The number of pyridine rings is 1. The molecule has 0 saturated carbocycles. The Balaban J connectivity index is 0.000000279. The predicted octanol–water partition coefficient (Wildman–Crippen LogP) is 5.34. The number of aryl methyl sites for hydroxylation is 1. The number of nitrogens with zero attached hydrogens (tertiary/aromatic N) is 2. The van der Waals surface area contributed by atoms with Crippen LogP contribution in [0, 0.1) is 6.92 Å². The van der Waals surface area contributed by atoms with Gasteiger partial charge in [-0.25, -0.2) is 9.78 Å². The van der Waals surface area contributed by atoms with E-state index in [4.69, 9.17) is 5.11 Å². The molecule has 1 aliphatic heterocycles. The van der Waals surface area contributed by atoms with Crippen LogP contribution in [-0.2, 0) is 4.79 Å². The third-order valence-electron chi connectivity index (χ3n) is 6.63. The maximum atomic E-state index is 10.8. The third-order valence-corrected chi connectivity index (χ3v) is 6.63. The largest absolute Gasteiger partial charge is 0.478 e. The molecule has 1 aromatic heterocycles. The summed E-state index contributed by atoms with van der Waals surface area (Å²) in [6, 6.07) is 23.9. The number of likely N-dealkylation sites (tertiary alicyclic amines) is 1. The molecule has 0 bridgehead atoms. The Morgan fingerprint density at radius 3 is 2.34 bits per heavy atom. The fraction of sp³-hybridized carbons (Fsp3) is 0.312. The van der Waals surface area contributed by atoms with Crippen molar-refractivity contribution in [3.63, 3.8) is 0 Å². The van der Waals surface area contributed by atoms with E-state index in [1.165, 1.54) is 24.5 Å². The van der Waals surface area contributed by atoms with Gasteiger partial charge in [0.05, 0.1) is 17.5 Å². The lowest BCUT2D eigenvalue weighted by Crippen LogP contribution is -2.28. The number of carbonyl (C=O) groups is 1. The molecule has 6 nitrogen and oxygen atoms in total. The molecule has 3 aromatic rings. The topological polar surface area (TPSA) is 85.7 Å². The molecule has 1 fully saturated rings. The molecule has 1 saturated heterocycles. The fourth-order valence-corrected chi connectivity index (χ4v) is 4.24. The number of benzene rings is 2. The van der Waals surface area contributed by atoms with Crippen LogP contribution in [0.15, 0.2) is 84.9 Å². The minimum Gasteiger partial charge on any atom is -0.478 e. The van der Waals surface area contributed by atoms with E-state index in [1.807, 2.05) is 62.5 Å². The minimum atomic E-state index is -0.972. The Hall–Kier alpha value is -3.58. The Morgan fingerprint density at radius 1 is 1.03 bits per heavy atom. The number of aliphatic carboxylic acids is 1. The van der Waals surface area contributed by atoms with Crippen LogP contribution >= 0.6 is 0 Å². The zero-order chi connectivity index (χ0) is 27.3. The summed E-state index contributed by atoms with van der Waals surface area (Å²) >= 11 is 0. The molecule has 38 heavy (non-hydrogen) atoms. The number of carboxylic acids is 1. The second-order valence-electron chi connectivity index (χ2n) is 9.54. The Labute approximate surface area is 226 Å². The van der Waals surface area contributed by atoms with Crippen LogP contribution in [0.1, 0.15) is 53.9 Å². The first kappa shape index (κ1) is 29.0. The van der Waals surface area contributed by atoms with Gasteiger partial charge in [-0.15, -0.1) is 0 Å². The van der Waals surface area contributed by atoms with Crippen molar-refractivity contribution < 1.29 is 15.0 Å². The normalized spacial score (nSPS) is 15.6. The van der Waals surface area contributed by atoms with Gasteiger partial charge in [-0.05, 0) is 76.2 Å². The molecule has 0 amide bonds. The van der Waals surface area contributed by atoms with E-state index >= 15 is 0 Å². The molecule has 3 N–H and O–H groups in total.